The number of hydrogen-bond donors (Lipinski definition) is 0. The molecule has 0 unspecified atom stereocenters. The first-order chi connectivity index (χ1) is 22.7. The molecule has 0 saturated heterocycles. The van der Waals surface area contributed by atoms with Gasteiger partial charge in [0.15, 0.2) is 0 Å². The van der Waals surface area contributed by atoms with Crippen LogP contribution >= 0.6 is 0 Å². The largest absolute Gasteiger partial charge is 4.00 e. The summed E-state index contributed by atoms with van der Waals surface area (Å²) in [5.74, 6) is 1.16. The van der Waals surface area contributed by atoms with Gasteiger partial charge in [0.1, 0.15) is 0 Å². The summed E-state index contributed by atoms with van der Waals surface area (Å²) in [6, 6.07) is 58.2. The Morgan fingerprint density at radius 3 is 0.840 bits per heavy atom. The van der Waals surface area contributed by atoms with E-state index in [-0.39, 0.29) is 50.7 Å². The Balaban J connectivity index is 0.000000439. The molecule has 0 nitrogen and oxygen atoms in total. The Hall–Kier alpha value is -2.32. The van der Waals surface area contributed by atoms with Crippen molar-refractivity contribution < 1.29 is 50.7 Å². The van der Waals surface area contributed by atoms with Gasteiger partial charge in [0, 0.05) is 9.52 Å². The number of rotatable bonds is 8. The predicted molar refractivity (Wildman–Crippen MR) is 218 cm³/mol. The molecule has 0 amide bonds. The SMILES string of the molecule is CC(C)c1cc([Si](C)(c2ccccc2)c2ccccc2)c[cH-]1.CC(C)c1cc([Si](C)(c2ccccc2)c2ccccc2)c[cH-]1.C[SiH]C.[Cl-].[Cl-].[Hf+4]. The first-order valence-electron chi connectivity index (χ1n) is 17.2. The first-order valence-corrected chi connectivity index (χ1v) is 24.5. The Bertz CT molecular complexity index is 1540. The van der Waals surface area contributed by atoms with Gasteiger partial charge in [0.05, 0.1) is 16.1 Å². The van der Waals surface area contributed by atoms with Crippen LogP contribution in [0.3, 0.4) is 0 Å². The molecule has 259 valence electrons. The zero-order valence-electron chi connectivity index (χ0n) is 31.0. The Morgan fingerprint density at radius 1 is 0.440 bits per heavy atom. The van der Waals surface area contributed by atoms with E-state index >= 15 is 0 Å². The summed E-state index contributed by atoms with van der Waals surface area (Å²) >= 11 is 0. The Morgan fingerprint density at radius 2 is 0.660 bits per heavy atom. The molecular formula is C44H53Cl2HfSi3. The molecule has 0 spiro atoms. The van der Waals surface area contributed by atoms with Crippen molar-refractivity contribution in [3.8, 4) is 0 Å². The summed E-state index contributed by atoms with van der Waals surface area (Å²) < 4.78 is 0. The maximum Gasteiger partial charge on any atom is 4.00 e. The van der Waals surface area contributed by atoms with Gasteiger partial charge in [0.25, 0.3) is 0 Å². The van der Waals surface area contributed by atoms with Crippen molar-refractivity contribution in [3.05, 3.63) is 169 Å². The van der Waals surface area contributed by atoms with Crippen LogP contribution in [0, 0.1) is 0 Å². The van der Waals surface area contributed by atoms with Gasteiger partial charge in [-0.05, 0) is 11.8 Å². The molecule has 0 aromatic heterocycles. The summed E-state index contributed by atoms with van der Waals surface area (Å²) in [7, 11) is -3.06. The van der Waals surface area contributed by atoms with Crippen LogP contribution in [0.25, 0.3) is 0 Å². The molecule has 0 heterocycles. The molecule has 0 fully saturated rings. The summed E-state index contributed by atoms with van der Waals surface area (Å²) in [5.41, 5.74) is 2.89. The molecule has 50 heavy (non-hydrogen) atoms. The Kier molecular flexibility index (Phi) is 20.0. The number of benzene rings is 4. The van der Waals surface area contributed by atoms with Crippen LogP contribution in [0.15, 0.2) is 158 Å². The van der Waals surface area contributed by atoms with E-state index in [0.717, 1.165) is 9.52 Å². The fourth-order valence-corrected chi connectivity index (χ4v) is 13.5. The minimum absolute atomic E-state index is 0. The van der Waals surface area contributed by atoms with E-state index in [9.17, 15) is 0 Å². The van der Waals surface area contributed by atoms with E-state index in [1.807, 2.05) is 0 Å². The molecule has 0 bridgehead atoms. The van der Waals surface area contributed by atoms with Gasteiger partial charge in [-0.2, -0.15) is 45.8 Å². The van der Waals surface area contributed by atoms with Gasteiger partial charge in [-0.25, -0.2) is 12.1 Å². The zero-order chi connectivity index (χ0) is 33.9. The minimum atomic E-state index is -1.90. The second kappa shape index (κ2) is 21.9. The van der Waals surface area contributed by atoms with Crippen molar-refractivity contribution in [1.82, 2.24) is 0 Å². The van der Waals surface area contributed by atoms with E-state index in [1.165, 1.54) is 42.2 Å². The maximum absolute atomic E-state index is 2.47. The molecule has 1 radical (unpaired) electrons. The molecular weight excluding hydrogens is 862 g/mol. The molecule has 0 atom stereocenters. The summed E-state index contributed by atoms with van der Waals surface area (Å²) in [6.45, 7) is 18.4. The maximum atomic E-state index is 2.47. The van der Waals surface area contributed by atoms with Crippen molar-refractivity contribution in [1.29, 1.82) is 0 Å². The average molecular weight is 916 g/mol. The summed E-state index contributed by atoms with van der Waals surface area (Å²) in [5, 5.41) is 8.91. The van der Waals surface area contributed by atoms with Crippen LogP contribution in [-0.2, 0) is 25.8 Å². The van der Waals surface area contributed by atoms with Gasteiger partial charge in [-0.3, -0.25) is 0 Å². The Labute approximate surface area is 339 Å². The third-order valence-corrected chi connectivity index (χ3v) is 18.3. The number of hydrogen-bond acceptors (Lipinski definition) is 0. The van der Waals surface area contributed by atoms with E-state index < -0.39 is 16.1 Å². The van der Waals surface area contributed by atoms with Crippen LogP contribution in [0.2, 0.25) is 26.2 Å². The molecule has 6 aromatic carbocycles. The van der Waals surface area contributed by atoms with Crippen LogP contribution in [0.4, 0.5) is 0 Å². The van der Waals surface area contributed by atoms with E-state index in [1.54, 1.807) is 0 Å². The molecule has 6 heteroatoms. The molecule has 0 aliphatic heterocycles. The van der Waals surface area contributed by atoms with Crippen molar-refractivity contribution in [2.45, 2.75) is 65.7 Å². The van der Waals surface area contributed by atoms with Crippen LogP contribution < -0.4 is 55.9 Å². The van der Waals surface area contributed by atoms with Crippen LogP contribution in [0.5, 0.6) is 0 Å². The van der Waals surface area contributed by atoms with E-state index in [0.29, 0.717) is 11.8 Å². The van der Waals surface area contributed by atoms with Gasteiger partial charge in [-0.15, -0.1) is 0 Å². The fourth-order valence-electron chi connectivity index (χ4n) is 6.35. The zero-order valence-corrected chi connectivity index (χ0v) is 39.3. The first kappa shape index (κ1) is 45.7. The van der Waals surface area contributed by atoms with E-state index in [4.69, 9.17) is 0 Å². The molecule has 0 aliphatic rings. The van der Waals surface area contributed by atoms with Crippen molar-refractivity contribution in [3.63, 3.8) is 0 Å². The molecule has 0 saturated carbocycles. The summed E-state index contributed by atoms with van der Waals surface area (Å²) in [4.78, 5) is 0. The molecule has 6 aromatic rings. The standard InChI is InChI=1S/2C21H23Si.C2H7Si.2ClH.Hf/c2*1-17(2)18-14-15-21(16-18)22(3,19-10-6-4-7-11-19)20-12-8-5-9-13-20;1-3-2;;;/h2*4-17H,1-3H3;3H,1-2H3;2*1H;/q2*-1;;;;+4/p-2. The summed E-state index contributed by atoms with van der Waals surface area (Å²) in [6.07, 6.45) is 0. The fraction of sp³-hybridized carbons (Fsp3) is 0.227. The predicted octanol–water partition coefficient (Wildman–Crippen LogP) is 1.78. The van der Waals surface area contributed by atoms with Crippen molar-refractivity contribution in [2.24, 2.45) is 0 Å². The van der Waals surface area contributed by atoms with E-state index in [2.05, 4.69) is 212 Å². The van der Waals surface area contributed by atoms with Crippen LogP contribution in [0.1, 0.15) is 50.7 Å². The molecule has 0 N–H and O–H groups in total. The average Bonchev–Trinajstić information content (AvgIpc) is 3.82. The quantitative estimate of drug-likeness (QED) is 0.162. The third kappa shape index (κ3) is 10.8. The van der Waals surface area contributed by atoms with Crippen molar-refractivity contribution in [2.75, 3.05) is 0 Å². The van der Waals surface area contributed by atoms with Gasteiger partial charge >= 0.3 is 25.8 Å². The second-order valence-corrected chi connectivity index (χ2v) is 22.6. The second-order valence-electron chi connectivity index (χ2n) is 13.5. The normalized spacial score (nSPS) is 10.8. The third-order valence-electron chi connectivity index (χ3n) is 9.45. The monoisotopic (exact) mass is 915 g/mol. The minimum Gasteiger partial charge on any atom is -1.00 e. The number of halogens is 2. The van der Waals surface area contributed by atoms with Gasteiger partial charge in [-0.1, -0.05) is 196 Å². The molecule has 6 rings (SSSR count). The van der Waals surface area contributed by atoms with Gasteiger partial charge in [0.2, 0.25) is 0 Å². The smallest absolute Gasteiger partial charge is 1.00 e. The van der Waals surface area contributed by atoms with Crippen LogP contribution in [-0.4, -0.2) is 25.7 Å². The van der Waals surface area contributed by atoms with Gasteiger partial charge < -0.3 is 24.8 Å². The van der Waals surface area contributed by atoms with Crippen molar-refractivity contribution >= 4 is 56.8 Å². The topological polar surface area (TPSA) is 0 Å². The molecule has 0 aliphatic carbocycles.